The van der Waals surface area contributed by atoms with Gasteiger partial charge < -0.3 is 25.2 Å². The summed E-state index contributed by atoms with van der Waals surface area (Å²) in [6.07, 6.45) is 5.21. The summed E-state index contributed by atoms with van der Waals surface area (Å²) in [5.74, 6) is 0.866. The molecule has 0 aromatic carbocycles. The first-order valence-electron chi connectivity index (χ1n) is 11.5. The van der Waals surface area contributed by atoms with Gasteiger partial charge in [-0.1, -0.05) is 0 Å². The Kier molecular flexibility index (Phi) is 9.05. The lowest BCUT2D eigenvalue weighted by molar-refractivity contribution is 0.0109. The third-order valence-electron chi connectivity index (χ3n) is 5.66. The van der Waals surface area contributed by atoms with E-state index in [-0.39, 0.29) is 12.1 Å². The Bertz CT molecular complexity index is 536. The third kappa shape index (κ3) is 8.03. The van der Waals surface area contributed by atoms with Crippen molar-refractivity contribution >= 4 is 12.1 Å². The number of nitrogens with one attached hydrogen (secondary N) is 2. The van der Waals surface area contributed by atoms with Gasteiger partial charge in [0.2, 0.25) is 0 Å². The van der Waals surface area contributed by atoms with Crippen LogP contribution in [0.2, 0.25) is 0 Å². The quantitative estimate of drug-likeness (QED) is 0.539. The topological polar surface area (TPSA) is 69.2 Å². The molecule has 2 saturated heterocycles. The number of guanidine groups is 1. The van der Waals surface area contributed by atoms with Crippen LogP contribution in [0.25, 0.3) is 0 Å². The number of hydrogen-bond donors (Lipinski definition) is 2. The lowest BCUT2D eigenvalue weighted by Crippen LogP contribution is -2.51. The average Bonchev–Trinajstić information content (AvgIpc) is 2.65. The maximum absolute atomic E-state index is 12.6. The second-order valence-electron chi connectivity index (χ2n) is 9.59. The summed E-state index contributed by atoms with van der Waals surface area (Å²) < 4.78 is 5.62. The SMILES string of the molecule is CCNC(=NCC1CCCCN1C(=O)OC(C)(C)C)NC1CCN(C(C)C)CC1. The van der Waals surface area contributed by atoms with Crippen LogP contribution in [0.5, 0.6) is 0 Å². The van der Waals surface area contributed by atoms with Crippen molar-refractivity contribution in [2.75, 3.05) is 32.7 Å². The van der Waals surface area contributed by atoms with Gasteiger partial charge in [0.15, 0.2) is 5.96 Å². The number of hydrogen-bond acceptors (Lipinski definition) is 4. The number of amides is 1. The van der Waals surface area contributed by atoms with Gasteiger partial charge in [-0.2, -0.15) is 0 Å². The number of piperidine rings is 2. The molecule has 2 heterocycles. The van der Waals surface area contributed by atoms with Gasteiger partial charge in [0.1, 0.15) is 5.60 Å². The van der Waals surface area contributed by atoms with Gasteiger partial charge in [0, 0.05) is 38.3 Å². The molecule has 0 bridgehead atoms. The van der Waals surface area contributed by atoms with Crippen LogP contribution < -0.4 is 10.6 Å². The van der Waals surface area contributed by atoms with Gasteiger partial charge in [0.05, 0.1) is 12.6 Å². The smallest absolute Gasteiger partial charge is 0.410 e. The van der Waals surface area contributed by atoms with Crippen molar-refractivity contribution in [2.45, 2.75) is 97.4 Å². The predicted octanol–water partition coefficient (Wildman–Crippen LogP) is 3.20. The largest absolute Gasteiger partial charge is 0.444 e. The summed E-state index contributed by atoms with van der Waals surface area (Å²) in [5.41, 5.74) is -0.469. The molecule has 1 atom stereocenters. The summed E-state index contributed by atoms with van der Waals surface area (Å²) in [6.45, 7) is 16.8. The maximum Gasteiger partial charge on any atom is 0.410 e. The van der Waals surface area contributed by atoms with Crippen LogP contribution in [0.15, 0.2) is 4.99 Å². The first-order chi connectivity index (χ1) is 13.7. The fourth-order valence-electron chi connectivity index (χ4n) is 4.02. The number of carbonyl (C=O) groups is 1. The maximum atomic E-state index is 12.6. The van der Waals surface area contributed by atoms with Crippen molar-refractivity contribution in [2.24, 2.45) is 4.99 Å². The van der Waals surface area contributed by atoms with Crippen molar-refractivity contribution < 1.29 is 9.53 Å². The van der Waals surface area contributed by atoms with Gasteiger partial charge in [-0.3, -0.25) is 4.99 Å². The molecular formula is C22H43N5O2. The molecule has 168 valence electrons. The Hall–Kier alpha value is -1.50. The Balaban J connectivity index is 1.94. The minimum Gasteiger partial charge on any atom is -0.444 e. The van der Waals surface area contributed by atoms with Gasteiger partial charge in [0.25, 0.3) is 0 Å². The molecule has 0 aromatic heterocycles. The summed E-state index contributed by atoms with van der Waals surface area (Å²) >= 11 is 0. The highest BCUT2D eigenvalue weighted by molar-refractivity contribution is 5.80. The van der Waals surface area contributed by atoms with Crippen LogP contribution >= 0.6 is 0 Å². The molecule has 2 rings (SSSR count). The highest BCUT2D eigenvalue weighted by Gasteiger charge is 2.30. The Morgan fingerprint density at radius 1 is 1.14 bits per heavy atom. The fourth-order valence-corrected chi connectivity index (χ4v) is 4.02. The standard InChI is InChI=1S/C22H43N5O2/c1-7-23-20(25-18-11-14-26(15-12-18)17(2)3)24-16-19-10-8-9-13-27(19)21(28)29-22(4,5)6/h17-19H,7-16H2,1-6H3,(H2,23,24,25). The molecule has 0 spiro atoms. The zero-order valence-corrected chi connectivity index (χ0v) is 19.5. The Labute approximate surface area is 177 Å². The molecule has 1 amide bonds. The van der Waals surface area contributed by atoms with Crippen molar-refractivity contribution in [3.05, 3.63) is 0 Å². The van der Waals surface area contributed by atoms with E-state index in [1.54, 1.807) is 0 Å². The molecule has 2 aliphatic rings. The van der Waals surface area contributed by atoms with E-state index in [1.807, 2.05) is 25.7 Å². The molecule has 7 nitrogen and oxygen atoms in total. The van der Waals surface area contributed by atoms with E-state index in [1.165, 1.54) is 0 Å². The normalized spacial score (nSPS) is 22.7. The monoisotopic (exact) mass is 409 g/mol. The van der Waals surface area contributed by atoms with Gasteiger partial charge in [-0.15, -0.1) is 0 Å². The van der Waals surface area contributed by atoms with Crippen molar-refractivity contribution in [3.63, 3.8) is 0 Å². The lowest BCUT2D eigenvalue weighted by atomic mass is 10.0. The number of aliphatic imine (C=N–C) groups is 1. The van der Waals surface area contributed by atoms with Crippen LogP contribution in [0.4, 0.5) is 4.79 Å². The van der Waals surface area contributed by atoms with E-state index in [0.29, 0.717) is 18.6 Å². The minimum absolute atomic E-state index is 0.108. The zero-order valence-electron chi connectivity index (χ0n) is 19.5. The van der Waals surface area contributed by atoms with Crippen molar-refractivity contribution in [3.8, 4) is 0 Å². The van der Waals surface area contributed by atoms with Crippen LogP contribution in [-0.2, 0) is 4.74 Å². The molecule has 2 aliphatic heterocycles. The molecule has 1 unspecified atom stereocenters. The van der Waals surface area contributed by atoms with Gasteiger partial charge in [-0.05, 0) is 73.6 Å². The predicted molar refractivity (Wildman–Crippen MR) is 119 cm³/mol. The van der Waals surface area contributed by atoms with Crippen LogP contribution in [0.3, 0.4) is 0 Å². The molecule has 0 aliphatic carbocycles. The average molecular weight is 410 g/mol. The minimum atomic E-state index is -0.469. The lowest BCUT2D eigenvalue weighted by Gasteiger charge is -2.36. The highest BCUT2D eigenvalue weighted by atomic mass is 16.6. The van der Waals surface area contributed by atoms with E-state index in [2.05, 4.69) is 36.3 Å². The molecule has 7 heteroatoms. The number of ether oxygens (including phenoxy) is 1. The summed E-state index contributed by atoms with van der Waals surface area (Å²) in [5, 5.41) is 6.99. The third-order valence-corrected chi connectivity index (χ3v) is 5.66. The molecular weight excluding hydrogens is 366 g/mol. The van der Waals surface area contributed by atoms with Crippen LogP contribution in [0.1, 0.15) is 73.6 Å². The van der Waals surface area contributed by atoms with E-state index in [9.17, 15) is 4.79 Å². The molecule has 29 heavy (non-hydrogen) atoms. The summed E-state index contributed by atoms with van der Waals surface area (Å²) in [6, 6.07) is 1.18. The van der Waals surface area contributed by atoms with E-state index in [0.717, 1.165) is 64.2 Å². The number of likely N-dealkylation sites (tertiary alicyclic amines) is 2. The van der Waals surface area contributed by atoms with Gasteiger partial charge >= 0.3 is 6.09 Å². The summed E-state index contributed by atoms with van der Waals surface area (Å²) in [4.78, 5) is 21.9. The van der Waals surface area contributed by atoms with Crippen LogP contribution in [0, 0.1) is 0 Å². The fraction of sp³-hybridized carbons (Fsp3) is 0.909. The second-order valence-corrected chi connectivity index (χ2v) is 9.59. The molecule has 2 fully saturated rings. The number of rotatable bonds is 5. The molecule has 2 N–H and O–H groups in total. The van der Waals surface area contributed by atoms with Crippen molar-refractivity contribution in [1.82, 2.24) is 20.4 Å². The molecule has 0 saturated carbocycles. The van der Waals surface area contributed by atoms with Gasteiger partial charge in [-0.25, -0.2) is 4.79 Å². The summed E-state index contributed by atoms with van der Waals surface area (Å²) in [7, 11) is 0. The first-order valence-corrected chi connectivity index (χ1v) is 11.5. The number of nitrogens with zero attached hydrogens (tertiary/aromatic N) is 3. The van der Waals surface area contributed by atoms with Crippen molar-refractivity contribution in [1.29, 1.82) is 0 Å². The first kappa shape index (κ1) is 23.8. The molecule has 0 radical (unpaired) electrons. The molecule has 0 aromatic rings. The Morgan fingerprint density at radius 3 is 2.41 bits per heavy atom. The zero-order chi connectivity index (χ0) is 21.4. The second kappa shape index (κ2) is 11.0. The van der Waals surface area contributed by atoms with Crippen LogP contribution in [-0.4, -0.2) is 78.3 Å². The highest BCUT2D eigenvalue weighted by Crippen LogP contribution is 2.21. The Morgan fingerprint density at radius 2 is 1.83 bits per heavy atom. The van der Waals surface area contributed by atoms with E-state index < -0.39 is 5.60 Å². The number of carbonyl (C=O) groups excluding carboxylic acids is 1. The van der Waals surface area contributed by atoms with E-state index >= 15 is 0 Å². The van der Waals surface area contributed by atoms with E-state index in [4.69, 9.17) is 9.73 Å².